The number of phenols is 1. The summed E-state index contributed by atoms with van der Waals surface area (Å²) >= 11 is 0. The van der Waals surface area contributed by atoms with Crippen LogP contribution in [0.3, 0.4) is 0 Å². The first-order valence-corrected chi connectivity index (χ1v) is 6.53. The quantitative estimate of drug-likeness (QED) is 0.800. The maximum Gasteiger partial charge on any atom is 0.126 e. The van der Waals surface area contributed by atoms with E-state index in [0.717, 1.165) is 31.0 Å². The van der Waals surface area contributed by atoms with Gasteiger partial charge in [-0.25, -0.2) is 4.39 Å². The molecule has 3 heteroatoms. The zero-order valence-corrected chi connectivity index (χ0v) is 10.7. The maximum absolute atomic E-state index is 12.9. The largest absolute Gasteiger partial charge is 0.508 e. The van der Waals surface area contributed by atoms with Gasteiger partial charge in [0.25, 0.3) is 0 Å². The lowest BCUT2D eigenvalue weighted by Gasteiger charge is -2.22. The van der Waals surface area contributed by atoms with Gasteiger partial charge in [0, 0.05) is 17.7 Å². The molecule has 98 valence electrons. The minimum atomic E-state index is -0.402. The van der Waals surface area contributed by atoms with E-state index < -0.39 is 5.82 Å². The van der Waals surface area contributed by atoms with Crippen molar-refractivity contribution in [2.24, 2.45) is 5.92 Å². The van der Waals surface area contributed by atoms with E-state index in [1.807, 2.05) is 6.92 Å². The van der Waals surface area contributed by atoms with Crippen molar-refractivity contribution in [2.75, 3.05) is 6.54 Å². The molecule has 1 aromatic carbocycles. The Hall–Kier alpha value is -1.35. The summed E-state index contributed by atoms with van der Waals surface area (Å²) in [5.74, 6) is 0.291. The SMILES string of the molecule is CC(NCC1CC=CCC1)c1ccc(F)cc1O. The van der Waals surface area contributed by atoms with Gasteiger partial charge in [-0.05, 0) is 44.7 Å². The van der Waals surface area contributed by atoms with E-state index in [-0.39, 0.29) is 11.8 Å². The third kappa shape index (κ3) is 3.33. The summed E-state index contributed by atoms with van der Waals surface area (Å²) in [5.41, 5.74) is 0.753. The van der Waals surface area contributed by atoms with Crippen molar-refractivity contribution < 1.29 is 9.50 Å². The molecule has 2 atom stereocenters. The highest BCUT2D eigenvalue weighted by Crippen LogP contribution is 2.25. The molecule has 0 fully saturated rings. The molecule has 0 bridgehead atoms. The maximum atomic E-state index is 12.9. The van der Waals surface area contributed by atoms with Crippen molar-refractivity contribution in [3.05, 3.63) is 41.7 Å². The first-order valence-electron chi connectivity index (χ1n) is 6.53. The van der Waals surface area contributed by atoms with Gasteiger partial charge in [-0.15, -0.1) is 0 Å². The van der Waals surface area contributed by atoms with E-state index in [9.17, 15) is 9.50 Å². The summed E-state index contributed by atoms with van der Waals surface area (Å²) < 4.78 is 12.9. The molecule has 2 unspecified atom stereocenters. The van der Waals surface area contributed by atoms with Crippen molar-refractivity contribution in [3.63, 3.8) is 0 Å². The summed E-state index contributed by atoms with van der Waals surface area (Å²) in [6.45, 7) is 2.92. The molecule has 0 spiro atoms. The second-order valence-electron chi connectivity index (χ2n) is 4.98. The molecule has 0 aliphatic heterocycles. The summed E-state index contributed by atoms with van der Waals surface area (Å²) in [7, 11) is 0. The highest BCUT2D eigenvalue weighted by Gasteiger charge is 2.14. The first-order chi connectivity index (χ1) is 8.66. The fraction of sp³-hybridized carbons (Fsp3) is 0.467. The minimum Gasteiger partial charge on any atom is -0.508 e. The summed E-state index contributed by atoms with van der Waals surface area (Å²) in [6.07, 6.45) is 7.95. The van der Waals surface area contributed by atoms with E-state index in [1.165, 1.54) is 12.5 Å². The molecule has 0 aromatic heterocycles. The third-order valence-electron chi connectivity index (χ3n) is 3.55. The topological polar surface area (TPSA) is 32.3 Å². The molecule has 2 rings (SSSR count). The number of hydrogen-bond donors (Lipinski definition) is 2. The molecular formula is C15H20FNO. The molecule has 0 saturated carbocycles. The molecule has 18 heavy (non-hydrogen) atoms. The number of phenolic OH excluding ortho intramolecular Hbond substituents is 1. The summed E-state index contributed by atoms with van der Waals surface area (Å²) in [4.78, 5) is 0. The van der Waals surface area contributed by atoms with Crippen molar-refractivity contribution in [1.29, 1.82) is 0 Å². The summed E-state index contributed by atoms with van der Waals surface area (Å²) in [6, 6.07) is 4.23. The number of hydrogen-bond acceptors (Lipinski definition) is 2. The molecule has 1 aromatic rings. The average Bonchev–Trinajstić information content (AvgIpc) is 2.37. The Morgan fingerprint density at radius 2 is 2.28 bits per heavy atom. The Morgan fingerprint density at radius 3 is 2.94 bits per heavy atom. The van der Waals surface area contributed by atoms with Crippen LogP contribution in [0, 0.1) is 11.7 Å². The molecule has 2 nitrogen and oxygen atoms in total. The monoisotopic (exact) mass is 249 g/mol. The standard InChI is InChI=1S/C15H20FNO/c1-11(14-8-7-13(16)9-15(14)18)17-10-12-5-3-2-4-6-12/h2-3,7-9,11-12,17-18H,4-6,10H2,1H3. The number of rotatable bonds is 4. The number of allylic oxidation sites excluding steroid dienone is 2. The van der Waals surface area contributed by atoms with Crippen LogP contribution in [0.4, 0.5) is 4.39 Å². The molecule has 2 N–H and O–H groups in total. The number of aromatic hydroxyl groups is 1. The van der Waals surface area contributed by atoms with Crippen LogP contribution < -0.4 is 5.32 Å². The normalized spacial score (nSPS) is 20.9. The van der Waals surface area contributed by atoms with Crippen LogP contribution in [0.2, 0.25) is 0 Å². The van der Waals surface area contributed by atoms with Gasteiger partial charge in [0.05, 0.1) is 0 Å². The molecule has 1 aliphatic carbocycles. The zero-order chi connectivity index (χ0) is 13.0. The first kappa shape index (κ1) is 13.1. The smallest absolute Gasteiger partial charge is 0.126 e. The number of nitrogens with one attached hydrogen (secondary N) is 1. The van der Waals surface area contributed by atoms with Gasteiger partial charge in [-0.1, -0.05) is 18.2 Å². The number of benzene rings is 1. The number of halogens is 1. The van der Waals surface area contributed by atoms with Crippen LogP contribution >= 0.6 is 0 Å². The van der Waals surface area contributed by atoms with Crippen LogP contribution in [-0.4, -0.2) is 11.7 Å². The van der Waals surface area contributed by atoms with E-state index in [4.69, 9.17) is 0 Å². The van der Waals surface area contributed by atoms with Gasteiger partial charge in [-0.3, -0.25) is 0 Å². The highest BCUT2D eigenvalue weighted by molar-refractivity contribution is 5.34. The predicted octanol–water partition coefficient (Wildman–Crippen LogP) is 3.54. The van der Waals surface area contributed by atoms with Gasteiger partial charge in [0.2, 0.25) is 0 Å². The Morgan fingerprint density at radius 1 is 1.44 bits per heavy atom. The van der Waals surface area contributed by atoms with E-state index in [2.05, 4.69) is 17.5 Å². The van der Waals surface area contributed by atoms with Crippen LogP contribution in [0.15, 0.2) is 30.4 Å². The van der Waals surface area contributed by atoms with Crippen molar-refractivity contribution in [1.82, 2.24) is 5.32 Å². The Balaban J connectivity index is 1.90. The molecular weight excluding hydrogens is 229 g/mol. The van der Waals surface area contributed by atoms with E-state index in [1.54, 1.807) is 6.07 Å². The van der Waals surface area contributed by atoms with Gasteiger partial charge in [0.1, 0.15) is 11.6 Å². The second-order valence-corrected chi connectivity index (χ2v) is 4.98. The lowest BCUT2D eigenvalue weighted by Crippen LogP contribution is -2.26. The van der Waals surface area contributed by atoms with E-state index >= 15 is 0 Å². The minimum absolute atomic E-state index is 0.0264. The Labute approximate surface area is 108 Å². The van der Waals surface area contributed by atoms with Crippen LogP contribution in [0.25, 0.3) is 0 Å². The van der Waals surface area contributed by atoms with E-state index in [0.29, 0.717) is 5.92 Å². The van der Waals surface area contributed by atoms with Crippen molar-refractivity contribution >= 4 is 0 Å². The third-order valence-corrected chi connectivity index (χ3v) is 3.55. The lowest BCUT2D eigenvalue weighted by molar-refractivity contribution is 0.403. The average molecular weight is 249 g/mol. The zero-order valence-electron chi connectivity index (χ0n) is 10.7. The predicted molar refractivity (Wildman–Crippen MR) is 71.0 cm³/mol. The molecule has 1 aliphatic rings. The van der Waals surface area contributed by atoms with Gasteiger partial charge < -0.3 is 10.4 Å². The van der Waals surface area contributed by atoms with Crippen molar-refractivity contribution in [3.8, 4) is 5.75 Å². The van der Waals surface area contributed by atoms with Crippen LogP contribution in [0.1, 0.15) is 37.8 Å². The van der Waals surface area contributed by atoms with Crippen LogP contribution in [-0.2, 0) is 0 Å². The van der Waals surface area contributed by atoms with Gasteiger partial charge in [-0.2, -0.15) is 0 Å². The van der Waals surface area contributed by atoms with Gasteiger partial charge in [0.15, 0.2) is 0 Å². The molecule has 0 saturated heterocycles. The fourth-order valence-corrected chi connectivity index (χ4v) is 2.38. The van der Waals surface area contributed by atoms with Gasteiger partial charge >= 0.3 is 0 Å². The Bertz CT molecular complexity index is 431. The molecule has 0 radical (unpaired) electrons. The Kier molecular flexibility index (Phi) is 4.37. The molecule has 0 heterocycles. The van der Waals surface area contributed by atoms with Crippen LogP contribution in [0.5, 0.6) is 5.75 Å². The van der Waals surface area contributed by atoms with Crippen molar-refractivity contribution in [2.45, 2.75) is 32.2 Å². The summed E-state index contributed by atoms with van der Waals surface area (Å²) in [5, 5.41) is 13.1. The second kappa shape index (κ2) is 6.01. The highest BCUT2D eigenvalue weighted by atomic mass is 19.1. The lowest BCUT2D eigenvalue weighted by atomic mass is 9.94. The fourth-order valence-electron chi connectivity index (χ4n) is 2.38. The molecule has 0 amide bonds.